The van der Waals surface area contributed by atoms with Crippen molar-refractivity contribution in [3.05, 3.63) is 59.2 Å². The Morgan fingerprint density at radius 2 is 2.00 bits per heavy atom. The molecule has 0 N–H and O–H groups in total. The molecule has 0 atom stereocenters. The van der Waals surface area contributed by atoms with Crippen LogP contribution in [0.25, 0.3) is 28.4 Å². The molecule has 4 aromatic rings. The van der Waals surface area contributed by atoms with Crippen LogP contribution < -0.4 is 0 Å². The summed E-state index contributed by atoms with van der Waals surface area (Å²) in [6.45, 7) is 2.01. The predicted molar refractivity (Wildman–Crippen MR) is 84.9 cm³/mol. The fourth-order valence-electron chi connectivity index (χ4n) is 2.29. The Morgan fingerprint density at radius 3 is 2.68 bits per heavy atom. The van der Waals surface area contributed by atoms with E-state index in [0.717, 1.165) is 33.4 Å². The van der Waals surface area contributed by atoms with Crippen molar-refractivity contribution in [1.29, 1.82) is 0 Å². The minimum Gasteiger partial charge on any atom is -0.463 e. The van der Waals surface area contributed by atoms with Gasteiger partial charge in [0, 0.05) is 10.9 Å². The Balaban J connectivity index is 1.71. The average molecular weight is 308 g/mol. The van der Waals surface area contributed by atoms with E-state index in [1.54, 1.807) is 28.5 Å². The molecule has 0 aliphatic carbocycles. The van der Waals surface area contributed by atoms with Gasteiger partial charge in [0.05, 0.1) is 28.8 Å². The van der Waals surface area contributed by atoms with Crippen LogP contribution in [0.3, 0.4) is 0 Å². The minimum atomic E-state index is 0.740. The van der Waals surface area contributed by atoms with Gasteiger partial charge in [-0.1, -0.05) is 17.3 Å². The third-order valence-corrected chi connectivity index (χ3v) is 4.12. The highest BCUT2D eigenvalue weighted by atomic mass is 32.1. The van der Waals surface area contributed by atoms with Crippen LogP contribution in [0.1, 0.15) is 5.01 Å². The van der Waals surface area contributed by atoms with E-state index in [4.69, 9.17) is 4.42 Å². The molecule has 0 bridgehead atoms. The largest absolute Gasteiger partial charge is 0.463 e. The van der Waals surface area contributed by atoms with Gasteiger partial charge >= 0.3 is 0 Å². The van der Waals surface area contributed by atoms with Crippen LogP contribution in [-0.2, 0) is 0 Å². The van der Waals surface area contributed by atoms with Crippen LogP contribution in [0, 0.1) is 6.92 Å². The van der Waals surface area contributed by atoms with Crippen molar-refractivity contribution in [2.75, 3.05) is 0 Å². The van der Waals surface area contributed by atoms with Gasteiger partial charge in [-0.05, 0) is 31.2 Å². The molecule has 0 amide bonds. The highest BCUT2D eigenvalue weighted by Gasteiger charge is 2.11. The SMILES string of the molecule is Cc1nc(-c2ccc(-n3nncc3-c3ccco3)cc2)cs1. The molecule has 0 fully saturated rings. The maximum atomic E-state index is 5.43. The van der Waals surface area contributed by atoms with Crippen LogP contribution >= 0.6 is 11.3 Å². The number of thiazole rings is 1. The topological polar surface area (TPSA) is 56.7 Å². The normalized spacial score (nSPS) is 11.0. The molecule has 0 radical (unpaired) electrons. The molecule has 0 aliphatic heterocycles. The monoisotopic (exact) mass is 308 g/mol. The first kappa shape index (κ1) is 13.0. The standard InChI is InChI=1S/C16H12N4OS/c1-11-18-14(10-22-11)12-4-6-13(7-5-12)20-15(9-17-19-20)16-3-2-8-21-16/h2-10H,1H3. The third-order valence-electron chi connectivity index (χ3n) is 3.35. The summed E-state index contributed by atoms with van der Waals surface area (Å²) in [6.07, 6.45) is 3.33. The average Bonchev–Trinajstić information content (AvgIpc) is 3.28. The second-order valence-electron chi connectivity index (χ2n) is 4.81. The zero-order chi connectivity index (χ0) is 14.9. The van der Waals surface area contributed by atoms with Gasteiger partial charge in [0.2, 0.25) is 0 Å². The lowest BCUT2D eigenvalue weighted by molar-refractivity contribution is 0.576. The number of aromatic nitrogens is 4. The smallest absolute Gasteiger partial charge is 0.154 e. The molecule has 0 saturated carbocycles. The van der Waals surface area contributed by atoms with Crippen molar-refractivity contribution in [3.8, 4) is 28.4 Å². The number of furan rings is 1. The van der Waals surface area contributed by atoms with Crippen molar-refractivity contribution in [3.63, 3.8) is 0 Å². The maximum absolute atomic E-state index is 5.43. The van der Waals surface area contributed by atoms with Crippen LogP contribution in [-0.4, -0.2) is 20.0 Å². The Hall–Kier alpha value is -2.73. The summed E-state index contributed by atoms with van der Waals surface area (Å²) in [4.78, 5) is 4.50. The number of rotatable bonds is 3. The Labute approximate surface area is 130 Å². The van der Waals surface area contributed by atoms with E-state index in [0.29, 0.717) is 0 Å². The summed E-state index contributed by atoms with van der Waals surface area (Å²) in [6, 6.07) is 11.8. The summed E-state index contributed by atoms with van der Waals surface area (Å²) in [7, 11) is 0. The Bertz CT molecular complexity index is 891. The molecular weight excluding hydrogens is 296 g/mol. The van der Waals surface area contributed by atoms with Crippen LogP contribution in [0.4, 0.5) is 0 Å². The van der Waals surface area contributed by atoms with Crippen molar-refractivity contribution in [2.45, 2.75) is 6.92 Å². The van der Waals surface area contributed by atoms with E-state index < -0.39 is 0 Å². The van der Waals surface area contributed by atoms with Gasteiger partial charge in [0.15, 0.2) is 5.76 Å². The highest BCUT2D eigenvalue weighted by molar-refractivity contribution is 7.09. The minimum absolute atomic E-state index is 0.740. The zero-order valence-electron chi connectivity index (χ0n) is 11.8. The van der Waals surface area contributed by atoms with E-state index in [2.05, 4.69) is 20.7 Å². The molecular formula is C16H12N4OS. The first-order valence-electron chi connectivity index (χ1n) is 6.79. The Morgan fingerprint density at radius 1 is 1.14 bits per heavy atom. The predicted octanol–water partition coefficient (Wildman–Crippen LogP) is 3.96. The van der Waals surface area contributed by atoms with Crippen LogP contribution in [0.2, 0.25) is 0 Å². The van der Waals surface area contributed by atoms with Crippen molar-refractivity contribution < 1.29 is 4.42 Å². The molecule has 0 aliphatic rings. The van der Waals surface area contributed by atoms with E-state index >= 15 is 0 Å². The summed E-state index contributed by atoms with van der Waals surface area (Å²) in [5.41, 5.74) is 3.84. The molecule has 0 unspecified atom stereocenters. The maximum Gasteiger partial charge on any atom is 0.154 e. The van der Waals surface area contributed by atoms with Gasteiger partial charge < -0.3 is 4.42 Å². The molecule has 6 heteroatoms. The fourth-order valence-corrected chi connectivity index (χ4v) is 2.91. The van der Waals surface area contributed by atoms with Crippen molar-refractivity contribution in [1.82, 2.24) is 20.0 Å². The first-order valence-corrected chi connectivity index (χ1v) is 7.67. The van der Waals surface area contributed by atoms with E-state index in [-0.39, 0.29) is 0 Å². The second kappa shape index (κ2) is 5.23. The molecule has 1 aromatic carbocycles. The van der Waals surface area contributed by atoms with E-state index in [1.807, 2.05) is 43.3 Å². The van der Waals surface area contributed by atoms with Crippen molar-refractivity contribution >= 4 is 11.3 Å². The lowest BCUT2D eigenvalue weighted by atomic mass is 10.1. The Kier molecular flexibility index (Phi) is 3.08. The van der Waals surface area contributed by atoms with Gasteiger partial charge in [-0.15, -0.1) is 16.4 Å². The lowest BCUT2D eigenvalue weighted by Crippen LogP contribution is -1.98. The molecule has 0 spiro atoms. The fraction of sp³-hybridized carbons (Fsp3) is 0.0625. The van der Waals surface area contributed by atoms with Gasteiger partial charge in [0.25, 0.3) is 0 Å². The number of hydrogen-bond donors (Lipinski definition) is 0. The number of hydrogen-bond acceptors (Lipinski definition) is 5. The summed E-state index contributed by atoms with van der Waals surface area (Å²) >= 11 is 1.65. The number of nitrogens with zero attached hydrogens (tertiary/aromatic N) is 4. The van der Waals surface area contributed by atoms with E-state index in [9.17, 15) is 0 Å². The number of benzene rings is 1. The number of aryl methyl sites for hydroxylation is 1. The van der Waals surface area contributed by atoms with Gasteiger partial charge in [-0.2, -0.15) is 0 Å². The second-order valence-corrected chi connectivity index (χ2v) is 5.87. The molecule has 5 nitrogen and oxygen atoms in total. The molecule has 108 valence electrons. The highest BCUT2D eigenvalue weighted by Crippen LogP contribution is 2.25. The zero-order valence-corrected chi connectivity index (χ0v) is 12.6. The molecule has 0 saturated heterocycles. The molecule has 22 heavy (non-hydrogen) atoms. The lowest BCUT2D eigenvalue weighted by Gasteiger charge is -2.05. The van der Waals surface area contributed by atoms with Crippen LogP contribution in [0.15, 0.2) is 58.7 Å². The quantitative estimate of drug-likeness (QED) is 0.575. The summed E-state index contributed by atoms with van der Waals surface area (Å²) in [5, 5.41) is 11.3. The summed E-state index contributed by atoms with van der Waals surface area (Å²) < 4.78 is 7.19. The first-order chi connectivity index (χ1) is 10.8. The van der Waals surface area contributed by atoms with Gasteiger partial charge in [0.1, 0.15) is 5.69 Å². The van der Waals surface area contributed by atoms with Crippen LogP contribution in [0.5, 0.6) is 0 Å². The summed E-state index contributed by atoms with van der Waals surface area (Å²) in [5.74, 6) is 0.740. The molecule has 4 rings (SSSR count). The third kappa shape index (κ3) is 2.23. The van der Waals surface area contributed by atoms with Gasteiger partial charge in [-0.25, -0.2) is 9.67 Å². The van der Waals surface area contributed by atoms with Gasteiger partial charge in [-0.3, -0.25) is 0 Å². The van der Waals surface area contributed by atoms with Crippen molar-refractivity contribution in [2.24, 2.45) is 0 Å². The molecule has 3 aromatic heterocycles. The van der Waals surface area contributed by atoms with E-state index in [1.165, 1.54) is 0 Å². The molecule has 3 heterocycles.